The first-order chi connectivity index (χ1) is 11.8. The lowest BCUT2D eigenvalue weighted by Gasteiger charge is -2.17. The summed E-state index contributed by atoms with van der Waals surface area (Å²) in [5.41, 5.74) is -0.0128. The van der Waals surface area contributed by atoms with Crippen molar-refractivity contribution in [3.63, 3.8) is 0 Å². The number of benzene rings is 2. The van der Waals surface area contributed by atoms with Gasteiger partial charge in [-0.25, -0.2) is 13.2 Å². The van der Waals surface area contributed by atoms with Crippen LogP contribution >= 0.6 is 0 Å². The predicted molar refractivity (Wildman–Crippen MR) is 84.4 cm³/mol. The monoisotopic (exact) mass is 352 g/mol. The summed E-state index contributed by atoms with van der Waals surface area (Å²) in [7, 11) is 2.65. The van der Waals surface area contributed by atoms with Gasteiger partial charge in [0.25, 0.3) is 0 Å². The lowest BCUT2D eigenvalue weighted by Crippen LogP contribution is -2.36. The third-order valence-corrected chi connectivity index (χ3v) is 3.38. The Morgan fingerprint density at radius 1 is 1.12 bits per heavy atom. The van der Waals surface area contributed by atoms with Crippen LogP contribution in [0, 0.1) is 17.5 Å². The third-order valence-electron chi connectivity index (χ3n) is 3.38. The molecule has 8 heteroatoms. The van der Waals surface area contributed by atoms with Crippen LogP contribution in [0.4, 0.5) is 18.9 Å². The number of nitrogens with one attached hydrogen (secondary N) is 1. The van der Waals surface area contributed by atoms with Crippen molar-refractivity contribution in [1.29, 1.82) is 0 Å². The van der Waals surface area contributed by atoms with E-state index in [9.17, 15) is 22.8 Å². The fourth-order valence-electron chi connectivity index (χ4n) is 2.10. The van der Waals surface area contributed by atoms with Gasteiger partial charge in [-0.15, -0.1) is 0 Å². The lowest BCUT2D eigenvalue weighted by atomic mass is 10.2. The van der Waals surface area contributed by atoms with E-state index in [1.165, 1.54) is 38.4 Å². The van der Waals surface area contributed by atoms with Crippen LogP contribution in [0.1, 0.15) is 5.56 Å². The van der Waals surface area contributed by atoms with Gasteiger partial charge in [0.05, 0.1) is 12.8 Å². The molecule has 0 aliphatic carbocycles. The molecular formula is C17H15F3N2O3. The highest BCUT2D eigenvalue weighted by molar-refractivity contribution is 6.39. The molecule has 132 valence electrons. The molecule has 2 aromatic carbocycles. The van der Waals surface area contributed by atoms with Gasteiger partial charge in [-0.3, -0.25) is 9.59 Å². The van der Waals surface area contributed by atoms with Crippen LogP contribution in [-0.4, -0.2) is 30.9 Å². The molecule has 0 spiro atoms. The minimum Gasteiger partial charge on any atom is -0.494 e. The maximum Gasteiger partial charge on any atom is 0.313 e. The summed E-state index contributed by atoms with van der Waals surface area (Å²) >= 11 is 0. The van der Waals surface area contributed by atoms with E-state index < -0.39 is 35.0 Å². The van der Waals surface area contributed by atoms with Gasteiger partial charge in [0.15, 0.2) is 23.2 Å². The fraction of sp³-hybridized carbons (Fsp3) is 0.176. The highest BCUT2D eigenvalue weighted by Gasteiger charge is 2.21. The average molecular weight is 352 g/mol. The first-order valence-electron chi connectivity index (χ1n) is 7.16. The quantitative estimate of drug-likeness (QED) is 0.861. The Hall–Kier alpha value is -3.03. The summed E-state index contributed by atoms with van der Waals surface area (Å²) in [5, 5.41) is 2.01. The van der Waals surface area contributed by atoms with E-state index >= 15 is 0 Å². The number of methoxy groups -OCH3 is 1. The molecule has 0 radical (unpaired) electrons. The van der Waals surface area contributed by atoms with Crippen molar-refractivity contribution in [3.8, 4) is 5.75 Å². The van der Waals surface area contributed by atoms with E-state index in [0.29, 0.717) is 5.56 Å². The van der Waals surface area contributed by atoms with Crippen LogP contribution in [0.5, 0.6) is 5.75 Å². The first kappa shape index (κ1) is 18.3. The molecule has 0 aromatic heterocycles. The van der Waals surface area contributed by atoms with Crippen molar-refractivity contribution < 1.29 is 27.5 Å². The molecule has 0 aliphatic heterocycles. The summed E-state index contributed by atoms with van der Waals surface area (Å²) in [6.45, 7) is -0.0567. The van der Waals surface area contributed by atoms with Crippen molar-refractivity contribution in [2.45, 2.75) is 6.54 Å². The van der Waals surface area contributed by atoms with E-state index in [1.807, 2.05) is 5.32 Å². The molecule has 0 unspecified atom stereocenters. The lowest BCUT2D eigenvalue weighted by molar-refractivity contribution is -0.142. The Morgan fingerprint density at radius 2 is 1.84 bits per heavy atom. The molecule has 2 amide bonds. The number of rotatable bonds is 4. The van der Waals surface area contributed by atoms with E-state index in [-0.39, 0.29) is 12.3 Å². The molecular weight excluding hydrogens is 337 g/mol. The Morgan fingerprint density at radius 3 is 2.48 bits per heavy atom. The zero-order valence-corrected chi connectivity index (χ0v) is 13.5. The normalized spacial score (nSPS) is 10.3. The van der Waals surface area contributed by atoms with Crippen molar-refractivity contribution in [1.82, 2.24) is 4.90 Å². The number of carbonyl (C=O) groups is 2. The molecule has 25 heavy (non-hydrogen) atoms. The Kier molecular flexibility index (Phi) is 5.63. The minimum absolute atomic E-state index is 0.0528. The van der Waals surface area contributed by atoms with E-state index in [2.05, 4.69) is 0 Å². The Balaban J connectivity index is 2.05. The molecule has 2 rings (SSSR count). The van der Waals surface area contributed by atoms with Crippen LogP contribution in [0.25, 0.3) is 0 Å². The summed E-state index contributed by atoms with van der Waals surface area (Å²) in [6, 6.07) is 7.32. The van der Waals surface area contributed by atoms with Crippen LogP contribution in [0.2, 0.25) is 0 Å². The molecule has 0 bridgehead atoms. The second-order valence-electron chi connectivity index (χ2n) is 5.19. The third kappa shape index (κ3) is 4.28. The fourth-order valence-corrected chi connectivity index (χ4v) is 2.10. The molecule has 0 aliphatic rings. The number of likely N-dealkylation sites (N-methyl/N-ethyl adjacent to an activating group) is 1. The second-order valence-corrected chi connectivity index (χ2v) is 5.19. The van der Waals surface area contributed by atoms with Crippen LogP contribution in [-0.2, 0) is 16.1 Å². The maximum absolute atomic E-state index is 13.6. The van der Waals surface area contributed by atoms with Gasteiger partial charge in [0, 0.05) is 13.6 Å². The van der Waals surface area contributed by atoms with Crippen molar-refractivity contribution in [3.05, 3.63) is 59.4 Å². The summed E-state index contributed by atoms with van der Waals surface area (Å²) in [4.78, 5) is 24.9. The number of halogens is 3. The zero-order valence-electron chi connectivity index (χ0n) is 13.5. The topological polar surface area (TPSA) is 58.6 Å². The summed E-state index contributed by atoms with van der Waals surface area (Å²) in [6.07, 6.45) is 0. The zero-order chi connectivity index (χ0) is 18.6. The van der Waals surface area contributed by atoms with Gasteiger partial charge < -0.3 is 15.0 Å². The largest absolute Gasteiger partial charge is 0.494 e. The van der Waals surface area contributed by atoms with Gasteiger partial charge in [0.1, 0.15) is 0 Å². The van der Waals surface area contributed by atoms with Gasteiger partial charge >= 0.3 is 11.8 Å². The van der Waals surface area contributed by atoms with Crippen molar-refractivity contribution in [2.75, 3.05) is 19.5 Å². The molecule has 0 atom stereocenters. The van der Waals surface area contributed by atoms with Crippen LogP contribution in [0.15, 0.2) is 36.4 Å². The molecule has 1 N–H and O–H groups in total. The standard InChI is InChI=1S/C17H15F3N2O3/c1-22(9-10-6-7-14(25-2)12(19)8-10)17(24)16(23)21-13-5-3-4-11(18)15(13)20/h3-8H,9H2,1-2H3,(H,21,23). The summed E-state index contributed by atoms with van der Waals surface area (Å²) in [5.74, 6) is -5.08. The number of ether oxygens (including phenoxy) is 1. The van der Waals surface area contributed by atoms with E-state index in [0.717, 1.165) is 17.0 Å². The van der Waals surface area contributed by atoms with E-state index in [4.69, 9.17) is 4.74 Å². The molecule has 2 aromatic rings. The van der Waals surface area contributed by atoms with Gasteiger partial charge in [-0.1, -0.05) is 12.1 Å². The second kappa shape index (κ2) is 7.69. The highest BCUT2D eigenvalue weighted by atomic mass is 19.2. The van der Waals surface area contributed by atoms with Crippen LogP contribution in [0.3, 0.4) is 0 Å². The Bertz CT molecular complexity index is 812. The van der Waals surface area contributed by atoms with Gasteiger partial charge in [-0.05, 0) is 29.8 Å². The van der Waals surface area contributed by atoms with Crippen molar-refractivity contribution in [2.24, 2.45) is 0 Å². The number of nitrogens with zero attached hydrogens (tertiary/aromatic N) is 1. The highest BCUT2D eigenvalue weighted by Crippen LogP contribution is 2.19. The number of hydrogen-bond donors (Lipinski definition) is 1. The minimum atomic E-state index is -1.26. The Labute approximate surface area is 142 Å². The molecule has 0 fully saturated rings. The number of anilines is 1. The molecule has 0 heterocycles. The predicted octanol–water partition coefficient (Wildman–Crippen LogP) is 2.71. The molecule has 5 nitrogen and oxygen atoms in total. The number of carbonyl (C=O) groups excluding carboxylic acids is 2. The smallest absolute Gasteiger partial charge is 0.313 e. The van der Waals surface area contributed by atoms with Gasteiger partial charge in [0.2, 0.25) is 0 Å². The van der Waals surface area contributed by atoms with Gasteiger partial charge in [-0.2, -0.15) is 0 Å². The van der Waals surface area contributed by atoms with E-state index in [1.54, 1.807) is 0 Å². The molecule has 0 saturated carbocycles. The number of hydrogen-bond acceptors (Lipinski definition) is 3. The SMILES string of the molecule is COc1ccc(CN(C)C(=O)C(=O)Nc2cccc(F)c2F)cc1F. The first-order valence-corrected chi connectivity index (χ1v) is 7.16. The van der Waals surface area contributed by atoms with Crippen molar-refractivity contribution >= 4 is 17.5 Å². The summed E-state index contributed by atoms with van der Waals surface area (Å²) < 4.78 is 45.1. The average Bonchev–Trinajstić information content (AvgIpc) is 2.58. The maximum atomic E-state index is 13.6. The van der Waals surface area contributed by atoms with Crippen LogP contribution < -0.4 is 10.1 Å². The number of amides is 2. The molecule has 0 saturated heterocycles.